The van der Waals surface area contributed by atoms with Gasteiger partial charge in [0.25, 0.3) is 0 Å². The molecule has 2 heterocycles. The number of carbonyl (C=O) groups is 1. The van der Waals surface area contributed by atoms with Crippen LogP contribution in [0.4, 0.5) is 13.2 Å². The molecule has 2 unspecified atom stereocenters. The first-order chi connectivity index (χ1) is 15.6. The SMILES string of the molecule is NC(=O)C(O)C(O)c1cn(-c2ccc(Oc3ccc(C(F)(F)F)cn3)cc2)c2ccccc12. The highest BCUT2D eigenvalue weighted by atomic mass is 19.4. The molecule has 2 aromatic heterocycles. The maximum atomic E-state index is 12.7. The molecular weight excluding hydrogens is 439 g/mol. The summed E-state index contributed by atoms with van der Waals surface area (Å²) in [4.78, 5) is 15.0. The number of pyridine rings is 1. The van der Waals surface area contributed by atoms with Crippen molar-refractivity contribution in [1.29, 1.82) is 0 Å². The maximum Gasteiger partial charge on any atom is 0.417 e. The van der Waals surface area contributed by atoms with Gasteiger partial charge in [0.1, 0.15) is 11.9 Å². The fourth-order valence-corrected chi connectivity index (χ4v) is 3.38. The van der Waals surface area contributed by atoms with E-state index in [4.69, 9.17) is 10.5 Å². The number of aliphatic hydroxyl groups is 2. The average molecular weight is 457 g/mol. The zero-order valence-corrected chi connectivity index (χ0v) is 16.9. The maximum absolute atomic E-state index is 12.7. The van der Waals surface area contributed by atoms with Crippen LogP contribution in [0.15, 0.2) is 73.1 Å². The van der Waals surface area contributed by atoms with Gasteiger partial charge in [0.15, 0.2) is 6.10 Å². The quantitative estimate of drug-likeness (QED) is 0.409. The molecule has 4 aromatic rings. The second kappa shape index (κ2) is 8.57. The first-order valence-corrected chi connectivity index (χ1v) is 9.72. The van der Waals surface area contributed by atoms with Gasteiger partial charge in [-0.25, -0.2) is 4.98 Å². The Bertz CT molecular complexity index is 1290. The molecule has 7 nitrogen and oxygen atoms in total. The molecule has 4 N–H and O–H groups in total. The Morgan fingerprint density at radius 3 is 2.33 bits per heavy atom. The van der Waals surface area contributed by atoms with Crippen molar-refractivity contribution in [2.75, 3.05) is 0 Å². The topological polar surface area (TPSA) is 111 Å². The molecule has 0 aliphatic carbocycles. The number of hydrogen-bond donors (Lipinski definition) is 3. The fourth-order valence-electron chi connectivity index (χ4n) is 3.38. The van der Waals surface area contributed by atoms with Gasteiger partial charge in [0, 0.05) is 35.1 Å². The summed E-state index contributed by atoms with van der Waals surface area (Å²) >= 11 is 0. The number of ether oxygens (including phenoxy) is 1. The number of aliphatic hydroxyl groups excluding tert-OH is 2. The first kappa shape index (κ1) is 22.3. The summed E-state index contributed by atoms with van der Waals surface area (Å²) in [7, 11) is 0. The van der Waals surface area contributed by atoms with Gasteiger partial charge in [0.2, 0.25) is 11.8 Å². The van der Waals surface area contributed by atoms with Crippen LogP contribution in [0.5, 0.6) is 11.6 Å². The van der Waals surface area contributed by atoms with E-state index in [9.17, 15) is 28.2 Å². The summed E-state index contributed by atoms with van der Waals surface area (Å²) in [5.41, 5.74) is 5.95. The van der Waals surface area contributed by atoms with Gasteiger partial charge in [-0.15, -0.1) is 0 Å². The number of amides is 1. The summed E-state index contributed by atoms with van der Waals surface area (Å²) in [6.45, 7) is 0. The number of aromatic nitrogens is 2. The lowest BCUT2D eigenvalue weighted by atomic mass is 10.0. The molecule has 10 heteroatoms. The van der Waals surface area contributed by atoms with Crippen LogP contribution in [0.2, 0.25) is 0 Å². The summed E-state index contributed by atoms with van der Waals surface area (Å²) in [5.74, 6) is -0.683. The van der Waals surface area contributed by atoms with E-state index in [0.29, 0.717) is 34.1 Å². The lowest BCUT2D eigenvalue weighted by molar-refractivity contribution is -0.137. The monoisotopic (exact) mass is 457 g/mol. The molecule has 1 amide bonds. The summed E-state index contributed by atoms with van der Waals surface area (Å²) in [6.07, 6.45) is -5.47. The molecule has 4 rings (SSSR count). The van der Waals surface area contributed by atoms with Crippen molar-refractivity contribution in [3.63, 3.8) is 0 Å². The lowest BCUT2D eigenvalue weighted by Crippen LogP contribution is -2.33. The van der Waals surface area contributed by atoms with E-state index in [1.165, 1.54) is 0 Å². The Kier molecular flexibility index (Phi) is 5.79. The van der Waals surface area contributed by atoms with E-state index < -0.39 is 29.9 Å². The van der Waals surface area contributed by atoms with Crippen LogP contribution >= 0.6 is 0 Å². The fraction of sp³-hybridized carbons (Fsp3) is 0.130. The van der Waals surface area contributed by atoms with Gasteiger partial charge in [-0.05, 0) is 36.4 Å². The Labute approximate surface area is 185 Å². The van der Waals surface area contributed by atoms with Crippen LogP contribution in [0.3, 0.4) is 0 Å². The molecule has 2 atom stereocenters. The lowest BCUT2D eigenvalue weighted by Gasteiger charge is -2.14. The number of carbonyl (C=O) groups excluding carboxylic acids is 1. The number of rotatable bonds is 6. The molecule has 2 aromatic carbocycles. The van der Waals surface area contributed by atoms with Crippen LogP contribution in [-0.4, -0.2) is 31.8 Å². The standard InChI is InChI=1S/C23H18F3N3O4/c24-23(25,26)13-5-10-19(28-11-13)33-15-8-6-14(7-9-15)29-12-17(20(30)21(31)22(27)32)16-3-1-2-4-18(16)29/h1-12,20-21,30-31H,(H2,27,32). The molecule has 0 saturated heterocycles. The molecule has 170 valence electrons. The molecule has 0 aliphatic heterocycles. The predicted octanol–water partition coefficient (Wildman–Crippen LogP) is 3.72. The van der Waals surface area contributed by atoms with E-state index in [2.05, 4.69) is 4.98 Å². The van der Waals surface area contributed by atoms with Crippen LogP contribution in [0, 0.1) is 0 Å². The number of para-hydroxylation sites is 1. The zero-order valence-electron chi connectivity index (χ0n) is 16.9. The zero-order chi connectivity index (χ0) is 23.8. The summed E-state index contributed by atoms with van der Waals surface area (Å²) < 4.78 is 45.3. The molecule has 0 fully saturated rings. The molecule has 0 spiro atoms. The Morgan fingerprint density at radius 1 is 1.03 bits per heavy atom. The van der Waals surface area contributed by atoms with Crippen molar-refractivity contribution in [1.82, 2.24) is 9.55 Å². The molecule has 33 heavy (non-hydrogen) atoms. The number of nitrogens with zero attached hydrogens (tertiary/aromatic N) is 2. The van der Waals surface area contributed by atoms with Crippen LogP contribution in [-0.2, 0) is 11.0 Å². The first-order valence-electron chi connectivity index (χ1n) is 9.72. The third-order valence-corrected chi connectivity index (χ3v) is 5.05. The minimum Gasteiger partial charge on any atom is -0.439 e. The van der Waals surface area contributed by atoms with Crippen molar-refractivity contribution in [2.24, 2.45) is 5.73 Å². The molecule has 0 saturated carbocycles. The Morgan fingerprint density at radius 2 is 1.73 bits per heavy atom. The van der Waals surface area contributed by atoms with Crippen LogP contribution in [0.25, 0.3) is 16.6 Å². The predicted molar refractivity (Wildman–Crippen MR) is 113 cm³/mol. The summed E-state index contributed by atoms with van der Waals surface area (Å²) in [6, 6.07) is 15.7. The highest BCUT2D eigenvalue weighted by Gasteiger charge is 2.31. The van der Waals surface area contributed by atoms with Gasteiger partial charge in [-0.1, -0.05) is 18.2 Å². The number of halogens is 3. The second-order valence-corrected chi connectivity index (χ2v) is 7.24. The largest absolute Gasteiger partial charge is 0.439 e. The third-order valence-electron chi connectivity index (χ3n) is 5.05. The molecular formula is C23H18F3N3O4. The Balaban J connectivity index is 1.61. The number of primary amides is 1. The molecule has 0 aliphatic rings. The average Bonchev–Trinajstić information content (AvgIpc) is 3.18. The van der Waals surface area contributed by atoms with E-state index in [-0.39, 0.29) is 5.88 Å². The highest BCUT2D eigenvalue weighted by molar-refractivity contribution is 5.87. The smallest absolute Gasteiger partial charge is 0.417 e. The number of fused-ring (bicyclic) bond motifs is 1. The number of nitrogens with two attached hydrogens (primary N) is 1. The van der Waals surface area contributed by atoms with Crippen molar-refractivity contribution in [3.8, 4) is 17.3 Å². The van der Waals surface area contributed by atoms with E-state index >= 15 is 0 Å². The number of hydrogen-bond acceptors (Lipinski definition) is 5. The minimum atomic E-state index is -4.48. The van der Waals surface area contributed by atoms with Crippen molar-refractivity contribution in [3.05, 3.63) is 84.2 Å². The third kappa shape index (κ3) is 4.52. The Hall–Kier alpha value is -3.89. The number of benzene rings is 2. The second-order valence-electron chi connectivity index (χ2n) is 7.24. The highest BCUT2D eigenvalue weighted by Crippen LogP contribution is 2.32. The molecule has 0 radical (unpaired) electrons. The van der Waals surface area contributed by atoms with E-state index in [0.717, 1.165) is 12.1 Å². The number of alkyl halides is 3. The van der Waals surface area contributed by atoms with Gasteiger partial charge in [0.05, 0.1) is 11.1 Å². The van der Waals surface area contributed by atoms with Crippen molar-refractivity contribution < 1.29 is 32.9 Å². The van der Waals surface area contributed by atoms with Gasteiger partial charge >= 0.3 is 6.18 Å². The van der Waals surface area contributed by atoms with Gasteiger partial charge in [-0.2, -0.15) is 13.2 Å². The van der Waals surface area contributed by atoms with Crippen LogP contribution in [0.1, 0.15) is 17.2 Å². The minimum absolute atomic E-state index is 0.00742. The van der Waals surface area contributed by atoms with Gasteiger partial charge in [-0.3, -0.25) is 4.79 Å². The molecule has 0 bridgehead atoms. The van der Waals surface area contributed by atoms with E-state index in [1.54, 1.807) is 59.3 Å². The van der Waals surface area contributed by atoms with Crippen LogP contribution < -0.4 is 10.5 Å². The van der Waals surface area contributed by atoms with Gasteiger partial charge < -0.3 is 25.3 Å². The van der Waals surface area contributed by atoms with Crippen molar-refractivity contribution in [2.45, 2.75) is 18.4 Å². The van der Waals surface area contributed by atoms with Crippen molar-refractivity contribution >= 4 is 16.8 Å². The normalized spacial score (nSPS) is 13.6. The summed E-state index contributed by atoms with van der Waals surface area (Å²) in [5, 5.41) is 21.0. The van der Waals surface area contributed by atoms with E-state index in [1.807, 2.05) is 0 Å².